The normalized spacial score (nSPS) is 11.9. The minimum atomic E-state index is 0.232. The van der Waals surface area contributed by atoms with Crippen molar-refractivity contribution in [3.05, 3.63) is 19.9 Å². The van der Waals surface area contributed by atoms with Crippen LogP contribution in [0.25, 0.3) is 0 Å². The van der Waals surface area contributed by atoms with E-state index in [-0.39, 0.29) is 6.04 Å². The van der Waals surface area contributed by atoms with E-state index in [4.69, 9.17) is 5.84 Å². The largest absolute Gasteiger partial charge is 0.271 e. The number of hydrogen-bond donors (Lipinski definition) is 2. The first-order valence-corrected chi connectivity index (χ1v) is 6.33. The predicted molar refractivity (Wildman–Crippen MR) is 69.8 cm³/mol. The maximum Gasteiger partial charge on any atom is 0.0656 e. The molecule has 0 aromatic carbocycles. The molecule has 3 N–H and O–H groups in total. The molecule has 2 nitrogen and oxygen atoms in total. The lowest BCUT2D eigenvalue weighted by molar-refractivity contribution is 0.525. The minimum absolute atomic E-state index is 0.232. The van der Waals surface area contributed by atoms with Gasteiger partial charge in [-0.1, -0.05) is 0 Å². The third-order valence-corrected chi connectivity index (χ3v) is 3.73. The van der Waals surface area contributed by atoms with Crippen LogP contribution in [0, 0.1) is 14.7 Å². The molecule has 14 heavy (non-hydrogen) atoms. The average Bonchev–Trinajstić information content (AvgIpc) is 2.60. The molecule has 0 saturated heterocycles. The van der Waals surface area contributed by atoms with E-state index in [0.717, 1.165) is 12.8 Å². The molecule has 0 aliphatic carbocycles. The Morgan fingerprint density at radius 2 is 2.50 bits per heavy atom. The highest BCUT2D eigenvalue weighted by molar-refractivity contribution is 14.1. The summed E-state index contributed by atoms with van der Waals surface area (Å²) in [7, 11) is 0. The van der Waals surface area contributed by atoms with Gasteiger partial charge in [0.2, 0.25) is 0 Å². The lowest BCUT2D eigenvalue weighted by Crippen LogP contribution is -2.27. The first-order chi connectivity index (χ1) is 6.77. The van der Waals surface area contributed by atoms with E-state index in [2.05, 4.69) is 51.3 Å². The molecule has 1 heterocycles. The van der Waals surface area contributed by atoms with Crippen molar-refractivity contribution in [2.24, 2.45) is 5.84 Å². The van der Waals surface area contributed by atoms with Crippen molar-refractivity contribution in [1.82, 2.24) is 5.43 Å². The summed E-state index contributed by atoms with van der Waals surface area (Å²) in [6.45, 7) is 1.86. The summed E-state index contributed by atoms with van der Waals surface area (Å²) in [5, 5.41) is 2.14. The molecule has 1 atom stereocenters. The van der Waals surface area contributed by atoms with Crippen LogP contribution in [0.5, 0.6) is 0 Å². The van der Waals surface area contributed by atoms with Gasteiger partial charge in [0, 0.05) is 12.5 Å². The molecule has 1 unspecified atom stereocenters. The maximum absolute atomic E-state index is 5.50. The standard InChI is InChI=1S/C10H13IN2S/c1-2-3-4-5-9(13-12)8-6-10(11)14-7-8/h6-7,9,13H,4-5,12H2,1H3. The lowest BCUT2D eigenvalue weighted by atomic mass is 10.1. The fourth-order valence-corrected chi connectivity index (χ4v) is 2.62. The maximum atomic E-state index is 5.50. The third kappa shape index (κ3) is 3.58. The molecule has 76 valence electrons. The average molecular weight is 320 g/mol. The van der Waals surface area contributed by atoms with E-state index in [0.29, 0.717) is 0 Å². The van der Waals surface area contributed by atoms with Gasteiger partial charge in [-0.2, -0.15) is 0 Å². The Labute approximate surface area is 102 Å². The van der Waals surface area contributed by atoms with E-state index < -0.39 is 0 Å². The Morgan fingerprint density at radius 1 is 1.71 bits per heavy atom. The van der Waals surface area contributed by atoms with Crippen molar-refractivity contribution in [2.45, 2.75) is 25.8 Å². The number of thiophene rings is 1. The molecule has 0 fully saturated rings. The van der Waals surface area contributed by atoms with E-state index in [1.807, 2.05) is 6.92 Å². The second-order valence-corrected chi connectivity index (χ2v) is 5.67. The first-order valence-electron chi connectivity index (χ1n) is 4.37. The monoisotopic (exact) mass is 320 g/mol. The Bertz CT molecular complexity index is 337. The molecule has 0 saturated carbocycles. The summed E-state index contributed by atoms with van der Waals surface area (Å²) in [4.78, 5) is 0. The Kier molecular flexibility index (Phi) is 5.48. The van der Waals surface area contributed by atoms with Gasteiger partial charge in [-0.15, -0.1) is 23.2 Å². The number of hydrazine groups is 1. The lowest BCUT2D eigenvalue weighted by Gasteiger charge is -2.12. The molecule has 0 aliphatic rings. The highest BCUT2D eigenvalue weighted by atomic mass is 127. The predicted octanol–water partition coefficient (Wildman–Crippen LogP) is 2.66. The zero-order valence-corrected chi connectivity index (χ0v) is 11.0. The Morgan fingerprint density at radius 3 is 3.00 bits per heavy atom. The van der Waals surface area contributed by atoms with Crippen molar-refractivity contribution < 1.29 is 0 Å². The minimum Gasteiger partial charge on any atom is -0.271 e. The summed E-state index contributed by atoms with van der Waals surface area (Å²) in [5.41, 5.74) is 4.09. The zero-order chi connectivity index (χ0) is 10.4. The van der Waals surface area contributed by atoms with Gasteiger partial charge in [-0.05, 0) is 52.9 Å². The molecule has 0 amide bonds. The summed E-state index contributed by atoms with van der Waals surface area (Å²) < 4.78 is 1.29. The van der Waals surface area contributed by atoms with Crippen LogP contribution in [0.1, 0.15) is 31.4 Å². The first kappa shape index (κ1) is 12.0. The molecule has 4 heteroatoms. The number of halogens is 1. The molecule has 0 aliphatic heterocycles. The van der Waals surface area contributed by atoms with Crippen molar-refractivity contribution in [2.75, 3.05) is 0 Å². The number of nitrogens with one attached hydrogen (secondary N) is 1. The smallest absolute Gasteiger partial charge is 0.0656 e. The van der Waals surface area contributed by atoms with Crippen LogP contribution < -0.4 is 11.3 Å². The summed E-state index contributed by atoms with van der Waals surface area (Å²) in [5.74, 6) is 11.4. The summed E-state index contributed by atoms with van der Waals surface area (Å²) in [6.07, 6.45) is 1.85. The second-order valence-electron chi connectivity index (χ2n) is 2.87. The van der Waals surface area contributed by atoms with Crippen molar-refractivity contribution in [3.63, 3.8) is 0 Å². The fourth-order valence-electron chi connectivity index (χ4n) is 1.19. The molecular weight excluding hydrogens is 307 g/mol. The second kappa shape index (κ2) is 6.40. The number of hydrogen-bond acceptors (Lipinski definition) is 3. The molecule has 0 bridgehead atoms. The summed E-state index contributed by atoms with van der Waals surface area (Å²) >= 11 is 4.06. The van der Waals surface area contributed by atoms with Gasteiger partial charge < -0.3 is 0 Å². The highest BCUT2D eigenvalue weighted by Crippen LogP contribution is 2.24. The van der Waals surface area contributed by atoms with E-state index in [1.165, 1.54) is 8.45 Å². The van der Waals surface area contributed by atoms with Crippen LogP contribution in [0.2, 0.25) is 0 Å². The Hall–Kier alpha value is -0.0900. The van der Waals surface area contributed by atoms with Crippen molar-refractivity contribution >= 4 is 33.9 Å². The van der Waals surface area contributed by atoms with Gasteiger partial charge in [0.1, 0.15) is 0 Å². The van der Waals surface area contributed by atoms with Gasteiger partial charge >= 0.3 is 0 Å². The van der Waals surface area contributed by atoms with E-state index in [9.17, 15) is 0 Å². The highest BCUT2D eigenvalue weighted by Gasteiger charge is 2.09. The molecule has 0 radical (unpaired) electrons. The van der Waals surface area contributed by atoms with Crippen molar-refractivity contribution in [1.29, 1.82) is 0 Å². The number of rotatable bonds is 4. The van der Waals surface area contributed by atoms with Gasteiger partial charge in [-0.3, -0.25) is 11.3 Å². The SMILES string of the molecule is CC#CCCC(NN)c1csc(I)c1. The Balaban J connectivity index is 2.56. The van der Waals surface area contributed by atoms with E-state index >= 15 is 0 Å². The van der Waals surface area contributed by atoms with Crippen LogP contribution in [-0.2, 0) is 0 Å². The molecule has 1 aromatic heterocycles. The molecule has 1 aromatic rings. The van der Waals surface area contributed by atoms with Gasteiger partial charge in [0.05, 0.1) is 2.88 Å². The van der Waals surface area contributed by atoms with Gasteiger partial charge in [0.25, 0.3) is 0 Å². The number of nitrogens with two attached hydrogens (primary N) is 1. The van der Waals surface area contributed by atoms with Crippen LogP contribution in [0.15, 0.2) is 11.4 Å². The fraction of sp³-hybridized carbons (Fsp3) is 0.400. The van der Waals surface area contributed by atoms with Gasteiger partial charge in [-0.25, -0.2) is 0 Å². The van der Waals surface area contributed by atoms with E-state index in [1.54, 1.807) is 11.3 Å². The zero-order valence-electron chi connectivity index (χ0n) is 8.01. The van der Waals surface area contributed by atoms with Crippen LogP contribution >= 0.6 is 33.9 Å². The van der Waals surface area contributed by atoms with Gasteiger partial charge in [0.15, 0.2) is 0 Å². The third-order valence-electron chi connectivity index (χ3n) is 1.93. The van der Waals surface area contributed by atoms with Crippen molar-refractivity contribution in [3.8, 4) is 11.8 Å². The van der Waals surface area contributed by atoms with Crippen LogP contribution in [0.4, 0.5) is 0 Å². The topological polar surface area (TPSA) is 38.0 Å². The van der Waals surface area contributed by atoms with Crippen LogP contribution in [0.3, 0.4) is 0 Å². The quantitative estimate of drug-likeness (QED) is 0.387. The van der Waals surface area contributed by atoms with Crippen LogP contribution in [-0.4, -0.2) is 0 Å². The molecular formula is C10H13IN2S. The molecule has 1 rings (SSSR count). The molecule has 0 spiro atoms. The summed E-state index contributed by atoms with van der Waals surface area (Å²) in [6, 6.07) is 2.39.